The number of halogens is 1. The van der Waals surface area contributed by atoms with Crippen LogP contribution in [0.4, 0.5) is 0 Å². The lowest BCUT2D eigenvalue weighted by molar-refractivity contribution is 0.0264. The van der Waals surface area contributed by atoms with Crippen LogP contribution in [0, 0.1) is 0 Å². The van der Waals surface area contributed by atoms with Crippen molar-refractivity contribution in [3.8, 4) is 0 Å². The van der Waals surface area contributed by atoms with E-state index in [0.717, 1.165) is 12.8 Å². The van der Waals surface area contributed by atoms with Crippen molar-refractivity contribution in [3.05, 3.63) is 11.5 Å². The van der Waals surface area contributed by atoms with Gasteiger partial charge in [-0.3, -0.25) is 0 Å². The maximum atomic E-state index is 12.5. The van der Waals surface area contributed by atoms with Crippen LogP contribution in [-0.4, -0.2) is 48.1 Å². The topological polar surface area (TPSA) is 64.4 Å². The lowest BCUT2D eigenvalue weighted by Crippen LogP contribution is -2.43. The highest BCUT2D eigenvalue weighted by atomic mass is 35.5. The summed E-state index contributed by atoms with van der Waals surface area (Å²) in [5.74, 6) is 0. The van der Waals surface area contributed by atoms with Gasteiger partial charge in [0, 0.05) is 26.7 Å². The van der Waals surface area contributed by atoms with Gasteiger partial charge in [-0.05, 0) is 19.8 Å². The van der Waals surface area contributed by atoms with E-state index in [-0.39, 0.29) is 16.3 Å². The zero-order chi connectivity index (χ0) is 14.0. The number of hydrogen-bond acceptors (Lipinski definition) is 4. The number of aromatic nitrogens is 2. The van der Waals surface area contributed by atoms with Crippen LogP contribution in [0.5, 0.6) is 0 Å². The molecule has 19 heavy (non-hydrogen) atoms. The second kappa shape index (κ2) is 5.78. The standard InChI is InChI=1S/C11H18ClN3O3S/c1-3-18-9-5-4-6-15(7-9)19(16,17)11-10(12)14(2)8-13-11/h8-9H,3-7H2,1-2H3. The summed E-state index contributed by atoms with van der Waals surface area (Å²) in [6.45, 7) is 3.34. The highest BCUT2D eigenvalue weighted by molar-refractivity contribution is 7.89. The largest absolute Gasteiger partial charge is 0.377 e. The molecule has 0 aliphatic carbocycles. The number of sulfonamides is 1. The third-order valence-corrected chi connectivity index (χ3v) is 5.52. The van der Waals surface area contributed by atoms with E-state index in [4.69, 9.17) is 16.3 Å². The first-order valence-electron chi connectivity index (χ1n) is 6.25. The van der Waals surface area contributed by atoms with Gasteiger partial charge in [-0.1, -0.05) is 11.6 Å². The Morgan fingerprint density at radius 2 is 2.32 bits per heavy atom. The molecule has 0 aromatic carbocycles. The smallest absolute Gasteiger partial charge is 0.263 e. The maximum absolute atomic E-state index is 12.5. The van der Waals surface area contributed by atoms with Gasteiger partial charge in [0.2, 0.25) is 5.03 Å². The van der Waals surface area contributed by atoms with Crippen molar-refractivity contribution in [3.63, 3.8) is 0 Å². The van der Waals surface area contributed by atoms with Gasteiger partial charge in [0.05, 0.1) is 12.4 Å². The Balaban J connectivity index is 2.22. The summed E-state index contributed by atoms with van der Waals surface area (Å²) < 4.78 is 33.4. The molecule has 1 aromatic heterocycles. The van der Waals surface area contributed by atoms with Gasteiger partial charge in [0.15, 0.2) is 0 Å². The van der Waals surface area contributed by atoms with Gasteiger partial charge < -0.3 is 9.30 Å². The zero-order valence-electron chi connectivity index (χ0n) is 11.0. The Morgan fingerprint density at radius 1 is 1.58 bits per heavy atom. The van der Waals surface area contributed by atoms with Crippen LogP contribution >= 0.6 is 11.6 Å². The molecule has 0 bridgehead atoms. The fourth-order valence-electron chi connectivity index (χ4n) is 2.18. The van der Waals surface area contributed by atoms with Crippen LogP contribution in [0.3, 0.4) is 0 Å². The molecule has 1 aromatic rings. The molecule has 1 unspecified atom stereocenters. The molecule has 2 rings (SSSR count). The summed E-state index contributed by atoms with van der Waals surface area (Å²) in [7, 11) is -1.97. The van der Waals surface area contributed by atoms with E-state index in [1.807, 2.05) is 6.92 Å². The molecule has 1 fully saturated rings. The van der Waals surface area contributed by atoms with Crippen LogP contribution in [0.2, 0.25) is 5.15 Å². The van der Waals surface area contributed by atoms with Crippen molar-refractivity contribution in [1.82, 2.24) is 13.9 Å². The van der Waals surface area contributed by atoms with Crippen molar-refractivity contribution >= 4 is 21.6 Å². The van der Waals surface area contributed by atoms with E-state index in [2.05, 4.69) is 4.98 Å². The molecule has 0 radical (unpaired) electrons. The lowest BCUT2D eigenvalue weighted by atomic mass is 10.1. The van der Waals surface area contributed by atoms with Crippen LogP contribution < -0.4 is 0 Å². The Kier molecular flexibility index (Phi) is 4.50. The van der Waals surface area contributed by atoms with E-state index in [1.165, 1.54) is 15.2 Å². The van der Waals surface area contributed by atoms with Gasteiger partial charge in [-0.15, -0.1) is 0 Å². The van der Waals surface area contributed by atoms with E-state index >= 15 is 0 Å². The molecule has 108 valence electrons. The molecule has 0 amide bonds. The van der Waals surface area contributed by atoms with Crippen LogP contribution in [0.15, 0.2) is 11.4 Å². The van der Waals surface area contributed by atoms with Gasteiger partial charge in [0.25, 0.3) is 10.0 Å². The number of piperidine rings is 1. The molecular formula is C11H18ClN3O3S. The number of aryl methyl sites for hydroxylation is 1. The van der Waals surface area contributed by atoms with Crippen LogP contribution in [0.25, 0.3) is 0 Å². The summed E-state index contributed by atoms with van der Waals surface area (Å²) in [6, 6.07) is 0. The third-order valence-electron chi connectivity index (χ3n) is 3.16. The summed E-state index contributed by atoms with van der Waals surface area (Å²) in [5, 5.41) is 0.0624. The minimum absolute atomic E-state index is 0.0454. The molecule has 1 atom stereocenters. The average molecular weight is 308 g/mol. The SMILES string of the molecule is CCOC1CCCN(S(=O)(=O)c2ncn(C)c2Cl)C1. The Bertz CT molecular complexity index is 541. The first-order valence-corrected chi connectivity index (χ1v) is 8.07. The van der Waals surface area contributed by atoms with Crippen LogP contribution in [-0.2, 0) is 21.8 Å². The highest BCUT2D eigenvalue weighted by Crippen LogP contribution is 2.25. The Morgan fingerprint density at radius 3 is 2.89 bits per heavy atom. The molecule has 0 N–H and O–H groups in total. The molecule has 2 heterocycles. The quantitative estimate of drug-likeness (QED) is 0.840. The summed E-state index contributed by atoms with van der Waals surface area (Å²) in [5.41, 5.74) is 0. The van der Waals surface area contributed by atoms with E-state index in [1.54, 1.807) is 7.05 Å². The molecule has 0 spiro atoms. The second-order valence-electron chi connectivity index (χ2n) is 4.53. The fraction of sp³-hybridized carbons (Fsp3) is 0.727. The van der Waals surface area contributed by atoms with Crippen molar-refractivity contribution < 1.29 is 13.2 Å². The van der Waals surface area contributed by atoms with Crippen LogP contribution in [0.1, 0.15) is 19.8 Å². The average Bonchev–Trinajstić information content (AvgIpc) is 2.71. The van der Waals surface area contributed by atoms with E-state index in [9.17, 15) is 8.42 Å². The molecular weight excluding hydrogens is 290 g/mol. The normalized spacial score (nSPS) is 21.7. The van der Waals surface area contributed by atoms with Crippen molar-refractivity contribution in [2.24, 2.45) is 7.05 Å². The molecule has 1 aliphatic rings. The first kappa shape index (κ1) is 14.8. The fourth-order valence-corrected chi connectivity index (χ4v) is 4.08. The number of rotatable bonds is 4. The summed E-state index contributed by atoms with van der Waals surface area (Å²) in [4.78, 5) is 3.89. The zero-order valence-corrected chi connectivity index (χ0v) is 12.6. The lowest BCUT2D eigenvalue weighted by Gasteiger charge is -2.31. The van der Waals surface area contributed by atoms with Gasteiger partial charge in [0.1, 0.15) is 5.15 Å². The predicted octanol–water partition coefficient (Wildman–Crippen LogP) is 1.26. The molecule has 0 saturated carbocycles. The van der Waals surface area contributed by atoms with Crippen molar-refractivity contribution in [2.45, 2.75) is 30.9 Å². The van der Waals surface area contributed by atoms with Gasteiger partial charge in [-0.25, -0.2) is 13.4 Å². The number of ether oxygens (including phenoxy) is 1. The summed E-state index contributed by atoms with van der Waals surface area (Å²) in [6.07, 6.45) is 3.03. The Labute approximate surface area is 118 Å². The minimum Gasteiger partial charge on any atom is -0.377 e. The molecule has 8 heteroatoms. The highest BCUT2D eigenvalue weighted by Gasteiger charge is 2.33. The second-order valence-corrected chi connectivity index (χ2v) is 6.75. The molecule has 6 nitrogen and oxygen atoms in total. The monoisotopic (exact) mass is 307 g/mol. The predicted molar refractivity (Wildman–Crippen MR) is 71.6 cm³/mol. The molecule has 1 aliphatic heterocycles. The van der Waals surface area contributed by atoms with E-state index < -0.39 is 10.0 Å². The number of imidazole rings is 1. The number of nitrogens with zero attached hydrogens (tertiary/aromatic N) is 3. The molecule has 1 saturated heterocycles. The minimum atomic E-state index is -3.63. The van der Waals surface area contributed by atoms with Crippen molar-refractivity contribution in [1.29, 1.82) is 0 Å². The van der Waals surface area contributed by atoms with Gasteiger partial charge in [-0.2, -0.15) is 4.31 Å². The van der Waals surface area contributed by atoms with Gasteiger partial charge >= 0.3 is 0 Å². The number of hydrogen-bond donors (Lipinski definition) is 0. The summed E-state index contributed by atoms with van der Waals surface area (Å²) >= 11 is 5.97. The maximum Gasteiger partial charge on any atom is 0.263 e. The third kappa shape index (κ3) is 2.94. The first-order chi connectivity index (χ1) is 8.96. The Hall–Kier alpha value is -0.630. The van der Waals surface area contributed by atoms with E-state index in [0.29, 0.717) is 19.7 Å². The van der Waals surface area contributed by atoms with Crippen molar-refractivity contribution in [2.75, 3.05) is 19.7 Å².